The van der Waals surface area contributed by atoms with Gasteiger partial charge in [-0.15, -0.1) is 0 Å². The second kappa shape index (κ2) is 7.11. The van der Waals surface area contributed by atoms with Crippen molar-refractivity contribution in [1.29, 1.82) is 0 Å². The lowest BCUT2D eigenvalue weighted by Gasteiger charge is -2.18. The minimum atomic E-state index is -0.710. The minimum Gasteiger partial charge on any atom is -0.322 e. The number of hydrogen-bond donors (Lipinski definition) is 2. The van der Waals surface area contributed by atoms with Gasteiger partial charge in [-0.05, 0) is 35.9 Å². The summed E-state index contributed by atoms with van der Waals surface area (Å²) in [5.74, 6) is -1.88. The van der Waals surface area contributed by atoms with Crippen molar-refractivity contribution < 1.29 is 13.6 Å². The van der Waals surface area contributed by atoms with Crippen LogP contribution in [0.5, 0.6) is 0 Å². The van der Waals surface area contributed by atoms with Crippen LogP contribution in [0.1, 0.15) is 12.0 Å². The lowest BCUT2D eigenvalue weighted by Crippen LogP contribution is -2.33. The fourth-order valence-electron chi connectivity index (χ4n) is 2.33. The van der Waals surface area contributed by atoms with Crippen molar-refractivity contribution in [3.8, 4) is 0 Å². The first kappa shape index (κ1) is 16.6. The lowest BCUT2D eigenvalue weighted by molar-refractivity contribution is -0.112. The Balaban J connectivity index is 1.79. The molecule has 1 aromatic carbocycles. The molecule has 1 heterocycles. The van der Waals surface area contributed by atoms with Crippen molar-refractivity contribution in [2.75, 3.05) is 18.4 Å². The summed E-state index contributed by atoms with van der Waals surface area (Å²) in [6.45, 7) is 1.27. The molecule has 0 aromatic heterocycles. The number of anilines is 1. The van der Waals surface area contributed by atoms with Gasteiger partial charge in [0.2, 0.25) is 0 Å². The van der Waals surface area contributed by atoms with Gasteiger partial charge in [0.15, 0.2) is 0 Å². The Hall–Kier alpha value is -2.24. The highest BCUT2D eigenvalue weighted by atomic mass is 35.5. The predicted molar refractivity (Wildman–Crippen MR) is 91.6 cm³/mol. The van der Waals surface area contributed by atoms with E-state index in [1.54, 1.807) is 24.3 Å². The van der Waals surface area contributed by atoms with E-state index in [-0.39, 0.29) is 11.3 Å². The summed E-state index contributed by atoms with van der Waals surface area (Å²) in [6.07, 6.45) is 8.60. The van der Waals surface area contributed by atoms with E-state index in [0.717, 1.165) is 17.7 Å². The standard InChI is InChI=1S/C18H15ClF2N2O/c19-13-3-1-2-12(4-5-13)18(24)23-14-7-16(20)15(17(21)8-14)6-11-9-22-10-11/h1-2,4-8,22H,3,9-10H2,(H,23,24). The quantitative estimate of drug-likeness (QED) is 0.870. The van der Waals surface area contributed by atoms with Crippen LogP contribution < -0.4 is 10.6 Å². The summed E-state index contributed by atoms with van der Waals surface area (Å²) in [5, 5.41) is 6.11. The van der Waals surface area contributed by atoms with Crippen LogP contribution in [0.4, 0.5) is 14.5 Å². The second-order valence-corrected chi connectivity index (χ2v) is 6.04. The van der Waals surface area contributed by atoms with Crippen LogP contribution in [-0.2, 0) is 4.79 Å². The molecule has 24 heavy (non-hydrogen) atoms. The van der Waals surface area contributed by atoms with Gasteiger partial charge in [0.1, 0.15) is 11.6 Å². The molecule has 0 bridgehead atoms. The molecule has 1 aliphatic carbocycles. The minimum absolute atomic E-state index is 0.0671. The summed E-state index contributed by atoms with van der Waals surface area (Å²) in [7, 11) is 0. The zero-order chi connectivity index (χ0) is 17.1. The molecule has 1 amide bonds. The largest absolute Gasteiger partial charge is 0.322 e. The molecule has 1 aromatic rings. The smallest absolute Gasteiger partial charge is 0.255 e. The van der Waals surface area contributed by atoms with E-state index in [9.17, 15) is 13.6 Å². The van der Waals surface area contributed by atoms with Gasteiger partial charge in [0.25, 0.3) is 5.91 Å². The number of benzene rings is 1. The van der Waals surface area contributed by atoms with Crippen molar-refractivity contribution in [2.45, 2.75) is 6.42 Å². The topological polar surface area (TPSA) is 41.1 Å². The van der Waals surface area contributed by atoms with Crippen LogP contribution in [0, 0.1) is 11.6 Å². The van der Waals surface area contributed by atoms with Crippen molar-refractivity contribution >= 4 is 29.3 Å². The highest BCUT2D eigenvalue weighted by Gasteiger charge is 2.15. The van der Waals surface area contributed by atoms with Crippen LogP contribution in [0.15, 0.2) is 52.6 Å². The van der Waals surface area contributed by atoms with Crippen LogP contribution in [-0.4, -0.2) is 19.0 Å². The maximum Gasteiger partial charge on any atom is 0.255 e. The fourth-order valence-corrected chi connectivity index (χ4v) is 2.48. The van der Waals surface area contributed by atoms with E-state index in [1.807, 2.05) is 0 Å². The zero-order valence-electron chi connectivity index (χ0n) is 12.7. The van der Waals surface area contributed by atoms with E-state index in [2.05, 4.69) is 10.6 Å². The first-order valence-electron chi connectivity index (χ1n) is 7.46. The van der Waals surface area contributed by atoms with Gasteiger partial charge >= 0.3 is 0 Å². The molecule has 0 unspecified atom stereocenters. The Labute approximate surface area is 143 Å². The Morgan fingerprint density at radius 1 is 1.21 bits per heavy atom. The van der Waals surface area contributed by atoms with Crippen molar-refractivity contribution in [1.82, 2.24) is 5.32 Å². The molecule has 1 fully saturated rings. The predicted octanol–water partition coefficient (Wildman–Crippen LogP) is 3.90. The van der Waals surface area contributed by atoms with Gasteiger partial charge in [-0.25, -0.2) is 8.78 Å². The molecule has 3 nitrogen and oxygen atoms in total. The molecule has 6 heteroatoms. The number of amides is 1. The number of carbonyl (C=O) groups excluding carboxylic acids is 1. The van der Waals surface area contributed by atoms with E-state index < -0.39 is 17.5 Å². The van der Waals surface area contributed by atoms with Crippen LogP contribution in [0.2, 0.25) is 0 Å². The molecule has 0 radical (unpaired) electrons. The Morgan fingerprint density at radius 3 is 2.54 bits per heavy atom. The molecule has 2 aliphatic rings. The van der Waals surface area contributed by atoms with Gasteiger partial charge in [-0.3, -0.25) is 4.79 Å². The van der Waals surface area contributed by atoms with E-state index in [1.165, 1.54) is 6.08 Å². The fraction of sp³-hybridized carbons (Fsp3) is 0.167. The van der Waals surface area contributed by atoms with Gasteiger partial charge in [0.05, 0.1) is 0 Å². The number of hydrogen-bond acceptors (Lipinski definition) is 2. The third kappa shape index (κ3) is 3.80. The Kier molecular flexibility index (Phi) is 4.92. The molecule has 0 atom stereocenters. The average Bonchev–Trinajstić information content (AvgIpc) is 2.69. The Bertz CT molecular complexity index is 780. The first-order valence-corrected chi connectivity index (χ1v) is 7.84. The molecule has 0 spiro atoms. The summed E-state index contributed by atoms with van der Waals surface area (Å²) >= 11 is 5.89. The van der Waals surface area contributed by atoms with Gasteiger partial charge < -0.3 is 10.6 Å². The molecular weight excluding hydrogens is 334 g/mol. The highest BCUT2D eigenvalue weighted by Crippen LogP contribution is 2.23. The number of nitrogens with one attached hydrogen (secondary N) is 2. The number of rotatable bonds is 3. The SMILES string of the molecule is O=C(Nc1cc(F)c(C=C2CNC2)c(F)c1)C1=CC=C(Cl)CC=C1. The van der Waals surface area contributed by atoms with Gasteiger partial charge in [-0.1, -0.05) is 23.8 Å². The van der Waals surface area contributed by atoms with E-state index in [4.69, 9.17) is 11.6 Å². The second-order valence-electron chi connectivity index (χ2n) is 5.56. The summed E-state index contributed by atoms with van der Waals surface area (Å²) < 4.78 is 28.3. The zero-order valence-corrected chi connectivity index (χ0v) is 13.5. The monoisotopic (exact) mass is 348 g/mol. The third-order valence-electron chi connectivity index (χ3n) is 3.71. The van der Waals surface area contributed by atoms with Crippen molar-refractivity contribution in [2.24, 2.45) is 0 Å². The molecular formula is C18H15ClF2N2O. The normalized spacial score (nSPS) is 16.7. The molecule has 2 N–H and O–H groups in total. The van der Waals surface area contributed by atoms with Crippen LogP contribution >= 0.6 is 11.6 Å². The molecule has 0 saturated carbocycles. The number of allylic oxidation sites excluding steroid dienone is 4. The van der Waals surface area contributed by atoms with E-state index >= 15 is 0 Å². The molecule has 3 rings (SSSR count). The number of halogens is 3. The maximum absolute atomic E-state index is 14.1. The Morgan fingerprint density at radius 2 is 1.92 bits per heavy atom. The number of carbonyl (C=O) groups is 1. The van der Waals surface area contributed by atoms with Gasteiger partial charge in [0, 0.05) is 41.4 Å². The summed E-state index contributed by atoms with van der Waals surface area (Å²) in [5.41, 5.74) is 1.27. The summed E-state index contributed by atoms with van der Waals surface area (Å²) in [6, 6.07) is 2.23. The van der Waals surface area contributed by atoms with Gasteiger partial charge in [-0.2, -0.15) is 0 Å². The van der Waals surface area contributed by atoms with Crippen molar-refractivity contribution in [3.05, 3.63) is 69.8 Å². The maximum atomic E-state index is 14.1. The first-order chi connectivity index (χ1) is 11.5. The molecule has 124 valence electrons. The van der Waals surface area contributed by atoms with Crippen LogP contribution in [0.25, 0.3) is 6.08 Å². The van der Waals surface area contributed by atoms with E-state index in [0.29, 0.717) is 30.1 Å². The van der Waals surface area contributed by atoms with Crippen LogP contribution in [0.3, 0.4) is 0 Å². The highest BCUT2D eigenvalue weighted by molar-refractivity contribution is 6.29. The van der Waals surface area contributed by atoms with Crippen molar-refractivity contribution in [3.63, 3.8) is 0 Å². The lowest BCUT2D eigenvalue weighted by atomic mass is 10.1. The molecule has 1 saturated heterocycles. The summed E-state index contributed by atoms with van der Waals surface area (Å²) in [4.78, 5) is 12.2. The average molecular weight is 349 g/mol. The molecule has 1 aliphatic heterocycles. The third-order valence-corrected chi connectivity index (χ3v) is 3.99.